The number of hydrogen-bond donors (Lipinski definition) is 1. The van der Waals surface area contributed by atoms with Crippen LogP contribution in [-0.4, -0.2) is 4.57 Å². The maximum Gasteiger partial charge on any atom is 0.251 e. The van der Waals surface area contributed by atoms with Crippen molar-refractivity contribution in [2.24, 2.45) is 0 Å². The van der Waals surface area contributed by atoms with Gasteiger partial charge in [-0.25, -0.2) is 0 Å². The van der Waals surface area contributed by atoms with Crippen molar-refractivity contribution in [3.63, 3.8) is 0 Å². The Kier molecular flexibility index (Phi) is 3.20. The fourth-order valence-corrected chi connectivity index (χ4v) is 1.90. The summed E-state index contributed by atoms with van der Waals surface area (Å²) in [6, 6.07) is 10.4. The molecule has 0 aliphatic carbocycles. The van der Waals surface area contributed by atoms with E-state index in [4.69, 9.17) is 17.3 Å². The van der Waals surface area contributed by atoms with Crippen molar-refractivity contribution in [1.29, 1.82) is 0 Å². The third kappa shape index (κ3) is 2.50. The molecular formula is C13H13ClN2O. The lowest BCUT2D eigenvalue weighted by molar-refractivity contribution is 0.731. The number of anilines is 1. The van der Waals surface area contributed by atoms with Crippen LogP contribution in [0.2, 0.25) is 5.02 Å². The second-order valence-corrected chi connectivity index (χ2v) is 4.37. The molecule has 0 fully saturated rings. The molecule has 2 N–H and O–H groups in total. The van der Waals surface area contributed by atoms with Crippen LogP contribution in [0.4, 0.5) is 5.69 Å². The fraction of sp³-hybridized carbons (Fsp3) is 0.154. The molecule has 0 atom stereocenters. The molecule has 0 bridgehead atoms. The highest BCUT2D eigenvalue weighted by Crippen LogP contribution is 2.18. The van der Waals surface area contributed by atoms with Gasteiger partial charge in [-0.2, -0.15) is 0 Å². The van der Waals surface area contributed by atoms with Crippen LogP contribution < -0.4 is 11.3 Å². The molecule has 0 spiro atoms. The minimum absolute atomic E-state index is 0.0376. The highest BCUT2D eigenvalue weighted by Gasteiger charge is 2.04. The zero-order valence-electron chi connectivity index (χ0n) is 9.48. The maximum atomic E-state index is 11.7. The number of aryl methyl sites for hydroxylation is 1. The minimum atomic E-state index is -0.0376. The van der Waals surface area contributed by atoms with E-state index in [0.717, 1.165) is 11.3 Å². The highest BCUT2D eigenvalue weighted by atomic mass is 35.5. The number of aromatic nitrogens is 1. The molecule has 1 aromatic carbocycles. The Balaban J connectivity index is 2.45. The Hall–Kier alpha value is -1.74. The van der Waals surface area contributed by atoms with Gasteiger partial charge in [-0.05, 0) is 36.8 Å². The van der Waals surface area contributed by atoms with Gasteiger partial charge in [0.25, 0.3) is 5.56 Å². The standard InChI is InChI=1S/C13H13ClN2O/c1-9-3-2-4-13(17)16(9)8-10-7-11(14)5-6-12(10)15/h2-7H,8,15H2,1H3. The third-order valence-electron chi connectivity index (χ3n) is 2.70. The summed E-state index contributed by atoms with van der Waals surface area (Å²) in [6.45, 7) is 2.33. The lowest BCUT2D eigenvalue weighted by atomic mass is 10.1. The van der Waals surface area contributed by atoms with Gasteiger partial charge in [0.05, 0.1) is 6.54 Å². The first-order chi connectivity index (χ1) is 8.08. The second kappa shape index (κ2) is 4.63. The van der Waals surface area contributed by atoms with Gasteiger partial charge in [-0.1, -0.05) is 17.7 Å². The molecule has 0 unspecified atom stereocenters. The quantitative estimate of drug-likeness (QED) is 0.830. The number of nitrogens with zero attached hydrogens (tertiary/aromatic N) is 1. The van der Waals surface area contributed by atoms with E-state index in [2.05, 4.69) is 0 Å². The Morgan fingerprint density at radius 2 is 2.06 bits per heavy atom. The summed E-state index contributed by atoms with van der Waals surface area (Å²) >= 11 is 5.92. The number of pyridine rings is 1. The SMILES string of the molecule is Cc1cccc(=O)n1Cc1cc(Cl)ccc1N. The molecule has 1 heterocycles. The molecule has 2 rings (SSSR count). The molecule has 0 aliphatic heterocycles. The highest BCUT2D eigenvalue weighted by molar-refractivity contribution is 6.30. The van der Waals surface area contributed by atoms with Crippen LogP contribution in [0.15, 0.2) is 41.2 Å². The van der Waals surface area contributed by atoms with Gasteiger partial charge < -0.3 is 10.3 Å². The van der Waals surface area contributed by atoms with Gasteiger partial charge in [0.15, 0.2) is 0 Å². The summed E-state index contributed by atoms with van der Waals surface area (Å²) in [5.74, 6) is 0. The predicted molar refractivity (Wildman–Crippen MR) is 70.4 cm³/mol. The summed E-state index contributed by atoms with van der Waals surface area (Å²) in [5.41, 5.74) is 8.22. The van der Waals surface area contributed by atoms with Gasteiger partial charge in [0, 0.05) is 22.5 Å². The van der Waals surface area contributed by atoms with Crippen molar-refractivity contribution in [2.75, 3.05) is 5.73 Å². The van der Waals surface area contributed by atoms with E-state index < -0.39 is 0 Å². The topological polar surface area (TPSA) is 48.0 Å². The average Bonchev–Trinajstić information content (AvgIpc) is 2.28. The van der Waals surface area contributed by atoms with Gasteiger partial charge in [0.2, 0.25) is 0 Å². The fourth-order valence-electron chi connectivity index (χ4n) is 1.71. The van der Waals surface area contributed by atoms with Gasteiger partial charge in [-0.15, -0.1) is 0 Å². The summed E-state index contributed by atoms with van der Waals surface area (Å²) < 4.78 is 1.67. The van der Waals surface area contributed by atoms with Crippen LogP contribution in [-0.2, 0) is 6.54 Å². The Labute approximate surface area is 104 Å². The molecule has 17 heavy (non-hydrogen) atoms. The van der Waals surface area contributed by atoms with Gasteiger partial charge in [-0.3, -0.25) is 4.79 Å². The number of rotatable bonds is 2. The number of benzene rings is 1. The van der Waals surface area contributed by atoms with E-state index in [1.807, 2.05) is 13.0 Å². The summed E-state index contributed by atoms with van der Waals surface area (Å²) in [7, 11) is 0. The number of halogens is 1. The Morgan fingerprint density at radius 1 is 1.29 bits per heavy atom. The van der Waals surface area contributed by atoms with Crippen LogP contribution in [0.3, 0.4) is 0 Å². The van der Waals surface area contributed by atoms with E-state index in [-0.39, 0.29) is 5.56 Å². The second-order valence-electron chi connectivity index (χ2n) is 3.93. The number of nitrogen functional groups attached to an aromatic ring is 1. The molecule has 1 aromatic heterocycles. The Morgan fingerprint density at radius 3 is 2.76 bits per heavy atom. The lowest BCUT2D eigenvalue weighted by Crippen LogP contribution is -2.21. The van der Waals surface area contributed by atoms with E-state index in [0.29, 0.717) is 17.3 Å². The monoisotopic (exact) mass is 248 g/mol. The lowest BCUT2D eigenvalue weighted by Gasteiger charge is -2.11. The zero-order valence-corrected chi connectivity index (χ0v) is 10.2. The molecule has 0 aliphatic rings. The van der Waals surface area contributed by atoms with Crippen molar-refractivity contribution in [3.05, 3.63) is 63.0 Å². The predicted octanol–water partition coefficient (Wildman–Crippen LogP) is 2.44. The third-order valence-corrected chi connectivity index (χ3v) is 2.94. The van der Waals surface area contributed by atoms with Crippen molar-refractivity contribution in [3.8, 4) is 0 Å². The zero-order chi connectivity index (χ0) is 12.4. The summed E-state index contributed by atoms with van der Waals surface area (Å²) in [4.78, 5) is 11.7. The smallest absolute Gasteiger partial charge is 0.251 e. The van der Waals surface area contributed by atoms with Gasteiger partial charge >= 0.3 is 0 Å². The number of nitrogens with two attached hydrogens (primary N) is 1. The molecule has 2 aromatic rings. The molecule has 88 valence electrons. The largest absolute Gasteiger partial charge is 0.398 e. The molecule has 3 nitrogen and oxygen atoms in total. The normalized spacial score (nSPS) is 10.5. The summed E-state index contributed by atoms with van der Waals surface area (Å²) in [5, 5.41) is 0.621. The van der Waals surface area contributed by atoms with Crippen molar-refractivity contribution < 1.29 is 0 Å². The molecule has 0 radical (unpaired) electrons. The average molecular weight is 249 g/mol. The number of hydrogen-bond acceptors (Lipinski definition) is 2. The van der Waals surface area contributed by atoms with E-state index in [9.17, 15) is 4.79 Å². The van der Waals surface area contributed by atoms with Crippen LogP contribution in [0.1, 0.15) is 11.3 Å². The first-order valence-electron chi connectivity index (χ1n) is 5.28. The van der Waals surface area contributed by atoms with E-state index in [1.54, 1.807) is 28.8 Å². The van der Waals surface area contributed by atoms with Crippen LogP contribution in [0, 0.1) is 6.92 Å². The van der Waals surface area contributed by atoms with Crippen LogP contribution in [0.25, 0.3) is 0 Å². The molecule has 0 amide bonds. The molecule has 0 saturated carbocycles. The summed E-state index contributed by atoms with van der Waals surface area (Å²) in [6.07, 6.45) is 0. The van der Waals surface area contributed by atoms with Gasteiger partial charge in [0.1, 0.15) is 0 Å². The Bertz CT molecular complexity index is 605. The first kappa shape index (κ1) is 11.7. The molecule has 0 saturated heterocycles. The minimum Gasteiger partial charge on any atom is -0.398 e. The maximum absolute atomic E-state index is 11.7. The van der Waals surface area contributed by atoms with Crippen LogP contribution in [0.5, 0.6) is 0 Å². The van der Waals surface area contributed by atoms with Crippen molar-refractivity contribution in [1.82, 2.24) is 4.57 Å². The molecular weight excluding hydrogens is 236 g/mol. The van der Waals surface area contributed by atoms with Crippen molar-refractivity contribution >= 4 is 17.3 Å². The van der Waals surface area contributed by atoms with Crippen molar-refractivity contribution in [2.45, 2.75) is 13.5 Å². The van der Waals surface area contributed by atoms with E-state index in [1.165, 1.54) is 6.07 Å². The molecule has 4 heteroatoms. The first-order valence-corrected chi connectivity index (χ1v) is 5.66. The van der Waals surface area contributed by atoms with E-state index >= 15 is 0 Å². The van der Waals surface area contributed by atoms with Crippen LogP contribution >= 0.6 is 11.6 Å².